The molecule has 0 spiro atoms. The van der Waals surface area contributed by atoms with Gasteiger partial charge in [-0.15, -0.1) is 0 Å². The first kappa shape index (κ1) is 10.9. The summed E-state index contributed by atoms with van der Waals surface area (Å²) in [7, 11) is 0. The highest BCUT2D eigenvalue weighted by atomic mass is 16.5. The summed E-state index contributed by atoms with van der Waals surface area (Å²) in [5.74, 6) is -0.755. The van der Waals surface area contributed by atoms with Crippen LogP contribution in [0.2, 0.25) is 0 Å². The van der Waals surface area contributed by atoms with E-state index >= 15 is 0 Å². The summed E-state index contributed by atoms with van der Waals surface area (Å²) < 4.78 is 5.17. The Kier molecular flexibility index (Phi) is 3.83. The average molecular weight is 197 g/mol. The second kappa shape index (κ2) is 4.91. The van der Waals surface area contributed by atoms with Crippen LogP contribution in [0.3, 0.4) is 0 Å². The largest absolute Gasteiger partial charge is 0.380 e. The Morgan fingerprint density at radius 2 is 2.21 bits per heavy atom. The van der Waals surface area contributed by atoms with Crippen molar-refractivity contribution < 1.29 is 14.3 Å². The van der Waals surface area contributed by atoms with Gasteiger partial charge in [0.25, 0.3) is 0 Å². The van der Waals surface area contributed by atoms with Crippen molar-refractivity contribution in [3.8, 4) is 0 Å². The second-order valence-corrected chi connectivity index (χ2v) is 3.15. The normalized spacial score (nSPS) is 21.9. The first-order chi connectivity index (χ1) is 6.66. The van der Waals surface area contributed by atoms with E-state index in [1.165, 1.54) is 6.08 Å². The highest BCUT2D eigenvalue weighted by Gasteiger charge is 2.27. The van der Waals surface area contributed by atoms with E-state index in [4.69, 9.17) is 4.74 Å². The number of carbonyl (C=O) groups is 2. The van der Waals surface area contributed by atoms with Crippen LogP contribution in [0.15, 0.2) is 12.3 Å². The van der Waals surface area contributed by atoms with Gasteiger partial charge in [-0.1, -0.05) is 0 Å². The molecule has 0 aromatic heterocycles. The third-order valence-electron chi connectivity index (χ3n) is 2.24. The maximum absolute atomic E-state index is 11.3. The van der Waals surface area contributed by atoms with Gasteiger partial charge in [-0.3, -0.25) is 9.59 Å². The van der Waals surface area contributed by atoms with Crippen molar-refractivity contribution in [2.45, 2.75) is 19.9 Å². The van der Waals surface area contributed by atoms with Crippen molar-refractivity contribution in [2.24, 2.45) is 0 Å². The van der Waals surface area contributed by atoms with E-state index in [-0.39, 0.29) is 11.8 Å². The van der Waals surface area contributed by atoms with Crippen LogP contribution >= 0.6 is 0 Å². The van der Waals surface area contributed by atoms with E-state index in [0.29, 0.717) is 19.8 Å². The van der Waals surface area contributed by atoms with Gasteiger partial charge in [0.15, 0.2) is 0 Å². The molecule has 0 aromatic rings. The summed E-state index contributed by atoms with van der Waals surface area (Å²) in [4.78, 5) is 24.1. The molecule has 1 rings (SSSR count). The molecule has 0 saturated heterocycles. The van der Waals surface area contributed by atoms with Crippen LogP contribution in [0.1, 0.15) is 13.8 Å². The van der Waals surface area contributed by atoms with Gasteiger partial charge >= 0.3 is 0 Å². The van der Waals surface area contributed by atoms with Gasteiger partial charge in [0.1, 0.15) is 0 Å². The lowest BCUT2D eigenvalue weighted by atomic mass is 10.1. The molecule has 4 heteroatoms. The van der Waals surface area contributed by atoms with Gasteiger partial charge < -0.3 is 9.64 Å². The summed E-state index contributed by atoms with van der Waals surface area (Å²) in [6.45, 7) is 5.54. The molecule has 0 saturated carbocycles. The van der Waals surface area contributed by atoms with Crippen molar-refractivity contribution in [1.82, 2.24) is 4.90 Å². The van der Waals surface area contributed by atoms with Crippen molar-refractivity contribution in [1.29, 1.82) is 0 Å². The Hall–Kier alpha value is -1.16. The SMILES string of the molecule is CCOCCN1C=CC(=O)C(=O)C1C. The Labute approximate surface area is 83.5 Å². The van der Waals surface area contributed by atoms with Gasteiger partial charge in [0, 0.05) is 25.4 Å². The maximum Gasteiger partial charge on any atom is 0.225 e. The van der Waals surface area contributed by atoms with Crippen LogP contribution in [0.4, 0.5) is 0 Å². The zero-order valence-electron chi connectivity index (χ0n) is 8.53. The molecule has 78 valence electrons. The number of ether oxygens (including phenoxy) is 1. The minimum absolute atomic E-state index is 0.344. The fourth-order valence-electron chi connectivity index (χ4n) is 1.31. The summed E-state index contributed by atoms with van der Waals surface area (Å²) in [6, 6.07) is -0.354. The molecule has 0 amide bonds. The minimum Gasteiger partial charge on any atom is -0.380 e. The molecular weight excluding hydrogens is 182 g/mol. The van der Waals surface area contributed by atoms with Gasteiger partial charge in [0.2, 0.25) is 11.6 Å². The molecule has 0 radical (unpaired) electrons. The topological polar surface area (TPSA) is 46.6 Å². The quantitative estimate of drug-likeness (QED) is 0.483. The number of rotatable bonds is 4. The number of allylic oxidation sites excluding steroid dienone is 1. The first-order valence-electron chi connectivity index (χ1n) is 4.76. The molecule has 0 aromatic carbocycles. The first-order valence-corrected chi connectivity index (χ1v) is 4.76. The summed E-state index contributed by atoms with van der Waals surface area (Å²) in [5, 5.41) is 0. The van der Waals surface area contributed by atoms with Crippen LogP contribution in [-0.4, -0.2) is 42.3 Å². The van der Waals surface area contributed by atoms with Gasteiger partial charge in [-0.05, 0) is 13.8 Å². The van der Waals surface area contributed by atoms with E-state index in [0.717, 1.165) is 0 Å². The van der Waals surface area contributed by atoms with Crippen LogP contribution in [0, 0.1) is 0 Å². The summed E-state index contributed by atoms with van der Waals surface area (Å²) in [6.07, 6.45) is 2.97. The van der Waals surface area contributed by atoms with E-state index < -0.39 is 5.78 Å². The molecule has 1 unspecified atom stereocenters. The lowest BCUT2D eigenvalue weighted by molar-refractivity contribution is -0.137. The number of nitrogens with zero attached hydrogens (tertiary/aromatic N) is 1. The number of Topliss-reactive ketones (excluding diaryl/α,β-unsaturated/α-hetero) is 1. The molecule has 1 heterocycles. The molecule has 1 aliphatic rings. The van der Waals surface area contributed by atoms with Crippen molar-refractivity contribution in [2.75, 3.05) is 19.8 Å². The van der Waals surface area contributed by atoms with Gasteiger partial charge in [-0.2, -0.15) is 0 Å². The van der Waals surface area contributed by atoms with E-state index in [2.05, 4.69) is 0 Å². The van der Waals surface area contributed by atoms with Gasteiger partial charge in [-0.25, -0.2) is 0 Å². The number of carbonyl (C=O) groups excluding carboxylic acids is 2. The zero-order valence-corrected chi connectivity index (χ0v) is 8.53. The molecule has 1 aliphatic heterocycles. The monoisotopic (exact) mass is 197 g/mol. The van der Waals surface area contributed by atoms with Crippen LogP contribution in [0.25, 0.3) is 0 Å². The third-order valence-corrected chi connectivity index (χ3v) is 2.24. The summed E-state index contributed by atoms with van der Waals surface area (Å²) in [5.41, 5.74) is 0. The van der Waals surface area contributed by atoms with E-state index in [1.807, 2.05) is 11.8 Å². The van der Waals surface area contributed by atoms with E-state index in [1.54, 1.807) is 13.1 Å². The van der Waals surface area contributed by atoms with Crippen molar-refractivity contribution >= 4 is 11.6 Å². The van der Waals surface area contributed by atoms with Crippen molar-refractivity contribution in [3.63, 3.8) is 0 Å². The second-order valence-electron chi connectivity index (χ2n) is 3.15. The van der Waals surface area contributed by atoms with Crippen LogP contribution in [-0.2, 0) is 14.3 Å². The van der Waals surface area contributed by atoms with Crippen LogP contribution < -0.4 is 0 Å². The maximum atomic E-state index is 11.3. The zero-order chi connectivity index (χ0) is 10.6. The fraction of sp³-hybridized carbons (Fsp3) is 0.600. The highest BCUT2D eigenvalue weighted by molar-refractivity contribution is 6.43. The van der Waals surface area contributed by atoms with Crippen molar-refractivity contribution in [3.05, 3.63) is 12.3 Å². The number of hydrogen-bond donors (Lipinski definition) is 0. The van der Waals surface area contributed by atoms with E-state index in [9.17, 15) is 9.59 Å². The molecule has 0 fully saturated rings. The Bertz CT molecular complexity index is 260. The van der Waals surface area contributed by atoms with Crippen LogP contribution in [0.5, 0.6) is 0 Å². The molecule has 0 aliphatic carbocycles. The number of ketones is 2. The molecule has 14 heavy (non-hydrogen) atoms. The lowest BCUT2D eigenvalue weighted by Crippen LogP contribution is -2.43. The minimum atomic E-state index is -0.412. The third kappa shape index (κ3) is 2.42. The smallest absolute Gasteiger partial charge is 0.225 e. The standard InChI is InChI=1S/C10H15NO3/c1-3-14-7-6-11-5-4-9(12)10(13)8(11)2/h4-5,8H,3,6-7H2,1-2H3. The molecule has 1 atom stereocenters. The Balaban J connectivity index is 2.50. The van der Waals surface area contributed by atoms with Gasteiger partial charge in [0.05, 0.1) is 12.6 Å². The molecule has 0 bridgehead atoms. The molecule has 0 N–H and O–H groups in total. The predicted octanol–water partition coefficient (Wildman–Crippen LogP) is 0.379. The molecular formula is C10H15NO3. The average Bonchev–Trinajstić information content (AvgIpc) is 2.18. The Morgan fingerprint density at radius 1 is 1.50 bits per heavy atom. The fourth-order valence-corrected chi connectivity index (χ4v) is 1.31. The highest BCUT2D eigenvalue weighted by Crippen LogP contribution is 2.08. The lowest BCUT2D eigenvalue weighted by Gasteiger charge is -2.28. The number of hydrogen-bond acceptors (Lipinski definition) is 4. The Morgan fingerprint density at radius 3 is 2.86 bits per heavy atom. The summed E-state index contributed by atoms with van der Waals surface area (Å²) >= 11 is 0. The predicted molar refractivity (Wildman–Crippen MR) is 51.8 cm³/mol. The molecule has 4 nitrogen and oxygen atoms in total.